The van der Waals surface area contributed by atoms with Gasteiger partial charge in [0, 0.05) is 6.54 Å². The maximum Gasteiger partial charge on any atom is 0.488 e. The normalized spacial score (nSPS) is 9.86. The molecule has 0 heterocycles. The zero-order chi connectivity index (χ0) is 10.4. The van der Waals surface area contributed by atoms with E-state index in [1.807, 2.05) is 6.07 Å². The number of aldehydes is 1. The average Bonchev–Trinajstić information content (AvgIpc) is 2.19. The molecule has 0 aliphatic carbocycles. The summed E-state index contributed by atoms with van der Waals surface area (Å²) in [4.78, 5) is 10.0. The molecule has 0 spiro atoms. The molecule has 74 valence electrons. The van der Waals surface area contributed by atoms with Crippen LogP contribution in [0.2, 0.25) is 0 Å². The third kappa shape index (κ3) is 3.29. The summed E-state index contributed by atoms with van der Waals surface area (Å²) in [5.41, 5.74) is 1.37. The molecule has 0 bridgehead atoms. The first-order valence-electron chi connectivity index (χ1n) is 4.33. The number of hydrogen-bond donors (Lipinski definition) is 3. The van der Waals surface area contributed by atoms with Gasteiger partial charge in [-0.1, -0.05) is 24.3 Å². The molecule has 4 nitrogen and oxygen atoms in total. The molecule has 0 radical (unpaired) electrons. The van der Waals surface area contributed by atoms with E-state index >= 15 is 0 Å². The second kappa shape index (κ2) is 5.54. The topological polar surface area (TPSA) is 69.6 Å². The molecular formula is C9H12BNO3. The molecule has 1 aromatic rings. The van der Waals surface area contributed by atoms with Gasteiger partial charge < -0.3 is 20.2 Å². The van der Waals surface area contributed by atoms with Gasteiger partial charge in [0.05, 0.1) is 6.54 Å². The van der Waals surface area contributed by atoms with Crippen molar-refractivity contribution in [3.8, 4) is 0 Å². The largest absolute Gasteiger partial charge is 0.488 e. The number of benzene rings is 1. The van der Waals surface area contributed by atoms with Crippen molar-refractivity contribution in [2.45, 2.75) is 6.54 Å². The molecule has 0 saturated carbocycles. The van der Waals surface area contributed by atoms with Crippen LogP contribution in [0, 0.1) is 0 Å². The smallest absolute Gasteiger partial charge is 0.423 e. The Morgan fingerprint density at radius 2 is 2.21 bits per heavy atom. The summed E-state index contributed by atoms with van der Waals surface area (Å²) in [6.45, 7) is 0.838. The van der Waals surface area contributed by atoms with Crippen LogP contribution in [0.5, 0.6) is 0 Å². The van der Waals surface area contributed by atoms with Gasteiger partial charge in [0.2, 0.25) is 0 Å². The standard InChI is InChI=1S/C9H12BNO3/c12-5-4-11-7-8-2-1-3-9(6-8)10(13)14/h1-3,5-6,11,13-14H,4,7H2. The molecule has 0 aliphatic heterocycles. The van der Waals surface area contributed by atoms with Crippen LogP contribution in [0.25, 0.3) is 0 Å². The van der Waals surface area contributed by atoms with E-state index in [9.17, 15) is 4.79 Å². The molecule has 0 saturated heterocycles. The lowest BCUT2D eigenvalue weighted by atomic mass is 9.80. The molecule has 0 unspecified atom stereocenters. The highest BCUT2D eigenvalue weighted by Gasteiger charge is 2.10. The fourth-order valence-corrected chi connectivity index (χ4v) is 1.14. The van der Waals surface area contributed by atoms with Gasteiger partial charge in [0.15, 0.2) is 0 Å². The zero-order valence-corrected chi connectivity index (χ0v) is 7.68. The molecule has 3 N–H and O–H groups in total. The second-order valence-corrected chi connectivity index (χ2v) is 2.92. The Labute approximate surface area is 82.7 Å². The van der Waals surface area contributed by atoms with Crippen molar-refractivity contribution >= 4 is 18.9 Å². The molecule has 5 heteroatoms. The molecular weight excluding hydrogens is 181 g/mol. The lowest BCUT2D eigenvalue weighted by molar-refractivity contribution is -0.107. The molecule has 0 fully saturated rings. The van der Waals surface area contributed by atoms with Crippen LogP contribution in [0.1, 0.15) is 5.56 Å². The summed E-state index contributed by atoms with van der Waals surface area (Å²) in [6, 6.07) is 6.91. The van der Waals surface area contributed by atoms with Crippen LogP contribution in [0.3, 0.4) is 0 Å². The SMILES string of the molecule is O=CCNCc1cccc(B(O)O)c1. The number of nitrogens with one attached hydrogen (secondary N) is 1. The third-order valence-corrected chi connectivity index (χ3v) is 1.81. The molecule has 0 aromatic heterocycles. The van der Waals surface area contributed by atoms with E-state index in [-0.39, 0.29) is 0 Å². The first kappa shape index (κ1) is 10.9. The Morgan fingerprint density at radius 3 is 2.86 bits per heavy atom. The minimum Gasteiger partial charge on any atom is -0.423 e. The maximum absolute atomic E-state index is 10.0. The summed E-state index contributed by atoms with van der Waals surface area (Å²) in [7, 11) is -1.44. The van der Waals surface area contributed by atoms with E-state index in [1.165, 1.54) is 0 Å². The lowest BCUT2D eigenvalue weighted by Gasteiger charge is -2.04. The molecule has 0 atom stereocenters. The first-order chi connectivity index (χ1) is 6.74. The quantitative estimate of drug-likeness (QED) is 0.307. The maximum atomic E-state index is 10.0. The minimum absolute atomic E-state index is 0.298. The zero-order valence-electron chi connectivity index (χ0n) is 7.68. The van der Waals surface area contributed by atoms with Crippen molar-refractivity contribution in [2.24, 2.45) is 0 Å². The highest BCUT2D eigenvalue weighted by atomic mass is 16.4. The summed E-state index contributed by atoms with van der Waals surface area (Å²) < 4.78 is 0. The van der Waals surface area contributed by atoms with Gasteiger partial charge in [-0.25, -0.2) is 0 Å². The minimum atomic E-state index is -1.44. The van der Waals surface area contributed by atoms with Crippen molar-refractivity contribution in [2.75, 3.05) is 6.54 Å². The van der Waals surface area contributed by atoms with Gasteiger partial charge in [-0.15, -0.1) is 0 Å². The fraction of sp³-hybridized carbons (Fsp3) is 0.222. The summed E-state index contributed by atoms with van der Waals surface area (Å²) >= 11 is 0. The Hall–Kier alpha value is -1.17. The number of rotatable bonds is 5. The number of hydrogen-bond acceptors (Lipinski definition) is 4. The average molecular weight is 193 g/mol. The molecule has 1 rings (SSSR count). The van der Waals surface area contributed by atoms with Crippen LogP contribution in [0.4, 0.5) is 0 Å². The number of carbonyl (C=O) groups excluding carboxylic acids is 1. The fourth-order valence-electron chi connectivity index (χ4n) is 1.14. The highest BCUT2D eigenvalue weighted by Crippen LogP contribution is 1.96. The van der Waals surface area contributed by atoms with E-state index in [4.69, 9.17) is 10.0 Å². The van der Waals surface area contributed by atoms with E-state index in [1.54, 1.807) is 18.2 Å². The van der Waals surface area contributed by atoms with Crippen LogP contribution in [0.15, 0.2) is 24.3 Å². The van der Waals surface area contributed by atoms with E-state index in [0.717, 1.165) is 11.8 Å². The lowest BCUT2D eigenvalue weighted by Crippen LogP contribution is -2.30. The predicted octanol–water partition coefficient (Wildman–Crippen LogP) is -1.35. The van der Waals surface area contributed by atoms with Gasteiger partial charge in [-0.05, 0) is 11.0 Å². The van der Waals surface area contributed by atoms with E-state index in [2.05, 4.69) is 5.32 Å². The van der Waals surface area contributed by atoms with Gasteiger partial charge in [0.1, 0.15) is 6.29 Å². The van der Waals surface area contributed by atoms with Crippen molar-refractivity contribution in [3.63, 3.8) is 0 Å². The van der Waals surface area contributed by atoms with E-state index < -0.39 is 7.12 Å². The summed E-state index contributed by atoms with van der Waals surface area (Å²) in [6.07, 6.45) is 0.782. The molecule has 1 aromatic carbocycles. The van der Waals surface area contributed by atoms with Crippen LogP contribution >= 0.6 is 0 Å². The van der Waals surface area contributed by atoms with Crippen molar-refractivity contribution in [3.05, 3.63) is 29.8 Å². The van der Waals surface area contributed by atoms with Crippen molar-refractivity contribution in [1.82, 2.24) is 5.32 Å². The monoisotopic (exact) mass is 193 g/mol. The van der Waals surface area contributed by atoms with Crippen LogP contribution in [-0.2, 0) is 11.3 Å². The molecule has 14 heavy (non-hydrogen) atoms. The van der Waals surface area contributed by atoms with E-state index in [0.29, 0.717) is 18.6 Å². The first-order valence-corrected chi connectivity index (χ1v) is 4.33. The Kier molecular flexibility index (Phi) is 4.32. The molecule has 0 amide bonds. The Bertz CT molecular complexity index is 304. The third-order valence-electron chi connectivity index (χ3n) is 1.81. The van der Waals surface area contributed by atoms with Gasteiger partial charge >= 0.3 is 7.12 Å². The van der Waals surface area contributed by atoms with Gasteiger partial charge in [-0.2, -0.15) is 0 Å². The van der Waals surface area contributed by atoms with Gasteiger partial charge in [-0.3, -0.25) is 0 Å². The van der Waals surface area contributed by atoms with Crippen molar-refractivity contribution in [1.29, 1.82) is 0 Å². The van der Waals surface area contributed by atoms with Crippen LogP contribution in [-0.4, -0.2) is 30.0 Å². The van der Waals surface area contributed by atoms with Crippen LogP contribution < -0.4 is 10.8 Å². The molecule has 0 aliphatic rings. The van der Waals surface area contributed by atoms with Crippen molar-refractivity contribution < 1.29 is 14.8 Å². The summed E-state index contributed by atoms with van der Waals surface area (Å²) in [5.74, 6) is 0. The Balaban J connectivity index is 2.59. The predicted molar refractivity (Wildman–Crippen MR) is 54.0 cm³/mol. The number of carbonyl (C=O) groups is 1. The van der Waals surface area contributed by atoms with Gasteiger partial charge in [0.25, 0.3) is 0 Å². The Morgan fingerprint density at radius 1 is 1.43 bits per heavy atom. The summed E-state index contributed by atoms with van der Waals surface area (Å²) in [5, 5.41) is 20.7. The second-order valence-electron chi connectivity index (χ2n) is 2.92. The highest BCUT2D eigenvalue weighted by molar-refractivity contribution is 6.58.